The summed E-state index contributed by atoms with van der Waals surface area (Å²) in [6.45, 7) is 0. The standard InChI is InChI=1S/C15H19NO2S/c1-16-14(15-9-13(18-3)10-19-15)8-11-5-4-6-12(7-11)17-2/h4-7,9-10,14,16H,8H2,1-3H3. The molecule has 0 aliphatic heterocycles. The van der Waals surface area contributed by atoms with Gasteiger partial charge in [0, 0.05) is 16.3 Å². The van der Waals surface area contributed by atoms with Gasteiger partial charge in [0.1, 0.15) is 11.5 Å². The van der Waals surface area contributed by atoms with Crippen molar-refractivity contribution in [3.8, 4) is 11.5 Å². The van der Waals surface area contributed by atoms with Crippen LogP contribution < -0.4 is 14.8 Å². The Labute approximate surface area is 118 Å². The molecule has 1 unspecified atom stereocenters. The number of hydrogen-bond donors (Lipinski definition) is 1. The molecule has 2 aromatic rings. The second kappa shape index (κ2) is 6.59. The summed E-state index contributed by atoms with van der Waals surface area (Å²) in [7, 11) is 5.37. The molecule has 1 aromatic heterocycles. The zero-order chi connectivity index (χ0) is 13.7. The van der Waals surface area contributed by atoms with Gasteiger partial charge in [0.05, 0.1) is 14.2 Å². The number of rotatable bonds is 6. The summed E-state index contributed by atoms with van der Waals surface area (Å²) in [4.78, 5) is 1.28. The molecule has 0 bridgehead atoms. The number of hydrogen-bond acceptors (Lipinski definition) is 4. The normalized spacial score (nSPS) is 12.2. The summed E-state index contributed by atoms with van der Waals surface area (Å²) >= 11 is 1.72. The molecule has 1 N–H and O–H groups in total. The molecule has 0 saturated heterocycles. The molecule has 2 rings (SSSR count). The van der Waals surface area contributed by atoms with Crippen LogP contribution in [0.25, 0.3) is 0 Å². The predicted molar refractivity (Wildman–Crippen MR) is 79.4 cm³/mol. The monoisotopic (exact) mass is 277 g/mol. The smallest absolute Gasteiger partial charge is 0.129 e. The van der Waals surface area contributed by atoms with Crippen LogP contribution in [0.15, 0.2) is 35.7 Å². The summed E-state index contributed by atoms with van der Waals surface area (Å²) in [5.74, 6) is 1.82. The molecule has 3 nitrogen and oxygen atoms in total. The van der Waals surface area contributed by atoms with E-state index in [4.69, 9.17) is 9.47 Å². The van der Waals surface area contributed by atoms with Crippen LogP contribution in [0.4, 0.5) is 0 Å². The third-order valence-corrected chi connectivity index (χ3v) is 4.12. The van der Waals surface area contributed by atoms with Crippen molar-refractivity contribution in [1.82, 2.24) is 5.32 Å². The van der Waals surface area contributed by atoms with Gasteiger partial charge in [-0.05, 0) is 37.2 Å². The lowest BCUT2D eigenvalue weighted by Crippen LogP contribution is -2.17. The SMILES string of the molecule is CNC(Cc1cccc(OC)c1)c1cc(OC)cs1. The second-order valence-electron chi connectivity index (χ2n) is 4.29. The van der Waals surface area contributed by atoms with Gasteiger partial charge in [0.25, 0.3) is 0 Å². The molecule has 0 amide bonds. The van der Waals surface area contributed by atoms with Gasteiger partial charge in [0.2, 0.25) is 0 Å². The van der Waals surface area contributed by atoms with Crippen LogP contribution in [0.5, 0.6) is 11.5 Å². The lowest BCUT2D eigenvalue weighted by Gasteiger charge is -2.15. The van der Waals surface area contributed by atoms with Crippen molar-refractivity contribution in [3.63, 3.8) is 0 Å². The topological polar surface area (TPSA) is 30.5 Å². The van der Waals surface area contributed by atoms with E-state index in [0.29, 0.717) is 6.04 Å². The maximum Gasteiger partial charge on any atom is 0.129 e. The number of thiophene rings is 1. The predicted octanol–water partition coefficient (Wildman–Crippen LogP) is 3.27. The second-order valence-corrected chi connectivity index (χ2v) is 5.23. The van der Waals surface area contributed by atoms with E-state index in [-0.39, 0.29) is 0 Å². The molecule has 0 saturated carbocycles. The van der Waals surface area contributed by atoms with E-state index in [2.05, 4.69) is 23.5 Å². The molecule has 102 valence electrons. The Hall–Kier alpha value is -1.52. The first-order chi connectivity index (χ1) is 9.26. The van der Waals surface area contributed by atoms with Crippen molar-refractivity contribution in [2.75, 3.05) is 21.3 Å². The van der Waals surface area contributed by atoms with Crippen molar-refractivity contribution < 1.29 is 9.47 Å². The molecule has 0 spiro atoms. The minimum atomic E-state index is 0.293. The van der Waals surface area contributed by atoms with E-state index >= 15 is 0 Å². The minimum Gasteiger partial charge on any atom is -0.497 e. The van der Waals surface area contributed by atoms with E-state index in [1.807, 2.05) is 24.6 Å². The van der Waals surface area contributed by atoms with Gasteiger partial charge in [-0.15, -0.1) is 11.3 Å². The van der Waals surface area contributed by atoms with Gasteiger partial charge in [-0.25, -0.2) is 0 Å². The van der Waals surface area contributed by atoms with Gasteiger partial charge in [-0.2, -0.15) is 0 Å². The van der Waals surface area contributed by atoms with Crippen LogP contribution in [-0.2, 0) is 6.42 Å². The van der Waals surface area contributed by atoms with E-state index in [1.165, 1.54) is 10.4 Å². The van der Waals surface area contributed by atoms with Crippen molar-refractivity contribution in [2.45, 2.75) is 12.5 Å². The Kier molecular flexibility index (Phi) is 4.82. The number of methoxy groups -OCH3 is 2. The number of benzene rings is 1. The van der Waals surface area contributed by atoms with Crippen molar-refractivity contribution in [3.05, 3.63) is 46.2 Å². The van der Waals surface area contributed by atoms with Crippen molar-refractivity contribution in [1.29, 1.82) is 0 Å². The van der Waals surface area contributed by atoms with Crippen LogP contribution in [0.1, 0.15) is 16.5 Å². The lowest BCUT2D eigenvalue weighted by atomic mass is 10.0. The zero-order valence-corrected chi connectivity index (χ0v) is 12.3. The highest BCUT2D eigenvalue weighted by molar-refractivity contribution is 7.10. The van der Waals surface area contributed by atoms with Gasteiger partial charge in [-0.1, -0.05) is 12.1 Å². The summed E-state index contributed by atoms with van der Waals surface area (Å²) < 4.78 is 10.5. The zero-order valence-electron chi connectivity index (χ0n) is 11.5. The van der Waals surface area contributed by atoms with Crippen molar-refractivity contribution >= 4 is 11.3 Å². The van der Waals surface area contributed by atoms with Gasteiger partial charge >= 0.3 is 0 Å². The average Bonchev–Trinajstić information content (AvgIpc) is 2.93. The van der Waals surface area contributed by atoms with Crippen LogP contribution in [0.2, 0.25) is 0 Å². The van der Waals surface area contributed by atoms with E-state index < -0.39 is 0 Å². The van der Waals surface area contributed by atoms with Crippen molar-refractivity contribution in [2.24, 2.45) is 0 Å². The molecule has 0 aliphatic rings. The lowest BCUT2D eigenvalue weighted by molar-refractivity contribution is 0.413. The Morgan fingerprint density at radius 2 is 1.95 bits per heavy atom. The Morgan fingerprint density at radius 1 is 1.16 bits per heavy atom. The molecule has 4 heteroatoms. The molecular formula is C15H19NO2S. The molecule has 1 aromatic carbocycles. The third-order valence-electron chi connectivity index (χ3n) is 3.10. The fourth-order valence-corrected chi connectivity index (χ4v) is 2.97. The molecule has 19 heavy (non-hydrogen) atoms. The highest BCUT2D eigenvalue weighted by Crippen LogP contribution is 2.29. The third kappa shape index (κ3) is 3.49. The van der Waals surface area contributed by atoms with Crippen LogP contribution >= 0.6 is 11.3 Å². The van der Waals surface area contributed by atoms with Gasteiger partial charge in [0.15, 0.2) is 0 Å². The molecular weight excluding hydrogens is 258 g/mol. The first kappa shape index (κ1) is 13.9. The van der Waals surface area contributed by atoms with Crippen LogP contribution in [0, 0.1) is 0 Å². The quantitative estimate of drug-likeness (QED) is 0.879. The van der Waals surface area contributed by atoms with E-state index in [0.717, 1.165) is 17.9 Å². The highest BCUT2D eigenvalue weighted by atomic mass is 32.1. The summed E-state index contributed by atoms with van der Waals surface area (Å²) in [6.07, 6.45) is 0.928. The van der Waals surface area contributed by atoms with E-state index in [9.17, 15) is 0 Å². The number of nitrogens with one attached hydrogen (secondary N) is 1. The van der Waals surface area contributed by atoms with Crippen LogP contribution in [-0.4, -0.2) is 21.3 Å². The van der Waals surface area contributed by atoms with Crippen LogP contribution in [0.3, 0.4) is 0 Å². The fourth-order valence-electron chi connectivity index (χ4n) is 2.00. The Morgan fingerprint density at radius 3 is 2.58 bits per heavy atom. The van der Waals surface area contributed by atoms with Gasteiger partial charge < -0.3 is 14.8 Å². The average molecular weight is 277 g/mol. The summed E-state index contributed by atoms with van der Waals surface area (Å²) in [5, 5.41) is 5.39. The largest absolute Gasteiger partial charge is 0.497 e. The minimum absolute atomic E-state index is 0.293. The Balaban J connectivity index is 2.13. The summed E-state index contributed by atoms with van der Waals surface area (Å²) in [5.41, 5.74) is 1.26. The number of likely N-dealkylation sites (N-methyl/N-ethyl adjacent to an activating group) is 1. The molecule has 1 atom stereocenters. The van der Waals surface area contributed by atoms with Gasteiger partial charge in [-0.3, -0.25) is 0 Å². The highest BCUT2D eigenvalue weighted by Gasteiger charge is 2.13. The fraction of sp³-hybridized carbons (Fsp3) is 0.333. The molecule has 0 radical (unpaired) electrons. The summed E-state index contributed by atoms with van der Waals surface area (Å²) in [6, 6.07) is 10.6. The molecule has 0 aliphatic carbocycles. The first-order valence-corrected chi connectivity index (χ1v) is 7.07. The Bertz CT molecular complexity index is 524. The first-order valence-electron chi connectivity index (χ1n) is 6.19. The van der Waals surface area contributed by atoms with E-state index in [1.54, 1.807) is 25.6 Å². The molecule has 1 heterocycles. The number of ether oxygens (including phenoxy) is 2. The molecule has 0 fully saturated rings. The maximum absolute atomic E-state index is 5.26. The maximum atomic E-state index is 5.26.